The fraction of sp³-hybridized carbons (Fsp3) is 0.130. The number of nitrogens with one attached hydrogen (secondary N) is 3. The van der Waals surface area contributed by atoms with E-state index in [4.69, 9.17) is 5.21 Å². The van der Waals surface area contributed by atoms with Crippen LogP contribution >= 0.6 is 0 Å². The maximum atomic E-state index is 11.0. The smallest absolute Gasteiger partial charge is 0.267 e. The van der Waals surface area contributed by atoms with Crippen molar-refractivity contribution in [1.82, 2.24) is 20.8 Å². The molecule has 4 rings (SSSR count). The Kier molecular flexibility index (Phi) is 5.65. The normalized spacial score (nSPS) is 11.5. The topological polar surface area (TPSA) is 90.0 Å². The Morgan fingerprint density at radius 1 is 1.07 bits per heavy atom. The van der Waals surface area contributed by atoms with Crippen LogP contribution in [0.3, 0.4) is 0 Å². The molecule has 0 aliphatic rings. The number of nitrogens with zero attached hydrogens (tertiary/aromatic N) is 1. The number of hydrogen-bond donors (Lipinski definition) is 4. The molecule has 146 valence electrons. The van der Waals surface area contributed by atoms with Gasteiger partial charge in [0, 0.05) is 35.1 Å². The Morgan fingerprint density at radius 3 is 2.72 bits per heavy atom. The van der Waals surface area contributed by atoms with E-state index in [0.29, 0.717) is 0 Å². The van der Waals surface area contributed by atoms with E-state index < -0.39 is 5.91 Å². The molecule has 0 atom stereocenters. The van der Waals surface area contributed by atoms with E-state index in [1.54, 1.807) is 17.8 Å². The number of hydrogen-bond acceptors (Lipinski definition) is 4. The summed E-state index contributed by atoms with van der Waals surface area (Å²) < 4.78 is 0. The molecule has 29 heavy (non-hydrogen) atoms. The van der Waals surface area contributed by atoms with Gasteiger partial charge in [-0.1, -0.05) is 36.4 Å². The molecule has 6 nitrogen and oxygen atoms in total. The molecule has 6 heteroatoms. The Morgan fingerprint density at radius 2 is 1.90 bits per heavy atom. The quantitative estimate of drug-likeness (QED) is 0.169. The van der Waals surface area contributed by atoms with Crippen LogP contribution in [-0.2, 0) is 17.8 Å². The van der Waals surface area contributed by atoms with Crippen molar-refractivity contribution in [3.05, 3.63) is 83.6 Å². The lowest BCUT2D eigenvalue weighted by Crippen LogP contribution is -2.16. The Bertz CT molecular complexity index is 1160. The van der Waals surface area contributed by atoms with Crippen molar-refractivity contribution in [2.45, 2.75) is 13.0 Å². The zero-order chi connectivity index (χ0) is 20.1. The van der Waals surface area contributed by atoms with Crippen molar-refractivity contribution in [2.75, 3.05) is 6.54 Å². The summed E-state index contributed by atoms with van der Waals surface area (Å²) in [7, 11) is 0. The molecule has 4 N–H and O–H groups in total. The number of carbonyl (C=O) groups is 1. The summed E-state index contributed by atoms with van der Waals surface area (Å²) in [4.78, 5) is 18.8. The third-order valence-electron chi connectivity index (χ3n) is 4.87. The highest BCUT2D eigenvalue weighted by Crippen LogP contribution is 2.24. The molecule has 0 fully saturated rings. The van der Waals surface area contributed by atoms with Gasteiger partial charge in [-0.2, -0.15) is 0 Å². The monoisotopic (exact) mass is 386 g/mol. The van der Waals surface area contributed by atoms with Crippen LogP contribution in [0.1, 0.15) is 16.7 Å². The summed E-state index contributed by atoms with van der Waals surface area (Å²) in [5, 5.41) is 14.3. The van der Waals surface area contributed by atoms with Crippen molar-refractivity contribution >= 4 is 33.9 Å². The number of fused-ring (bicyclic) bond motifs is 3. The molecule has 2 aromatic carbocycles. The number of H-pyrrole nitrogens is 1. The van der Waals surface area contributed by atoms with Gasteiger partial charge in [0.05, 0.1) is 0 Å². The molecule has 1 amide bonds. The average Bonchev–Trinajstić information content (AvgIpc) is 3.13. The van der Waals surface area contributed by atoms with Gasteiger partial charge in [-0.25, -0.2) is 10.5 Å². The molecule has 0 saturated heterocycles. The van der Waals surface area contributed by atoms with E-state index >= 15 is 0 Å². The van der Waals surface area contributed by atoms with Crippen LogP contribution in [0.4, 0.5) is 0 Å². The third-order valence-corrected chi connectivity index (χ3v) is 4.87. The van der Waals surface area contributed by atoms with Crippen LogP contribution in [0.2, 0.25) is 0 Å². The summed E-state index contributed by atoms with van der Waals surface area (Å²) in [5.74, 6) is -0.544. The van der Waals surface area contributed by atoms with Gasteiger partial charge >= 0.3 is 0 Å². The lowest BCUT2D eigenvalue weighted by Gasteiger charge is -2.06. The number of aromatic amines is 1. The number of aromatic nitrogens is 2. The van der Waals surface area contributed by atoms with Gasteiger partial charge < -0.3 is 10.3 Å². The number of hydroxylamine groups is 1. The highest BCUT2D eigenvalue weighted by molar-refractivity contribution is 6.05. The molecule has 0 bridgehead atoms. The fourth-order valence-electron chi connectivity index (χ4n) is 3.36. The van der Waals surface area contributed by atoms with E-state index in [1.165, 1.54) is 22.6 Å². The van der Waals surface area contributed by atoms with Gasteiger partial charge in [-0.15, -0.1) is 0 Å². The van der Waals surface area contributed by atoms with Crippen LogP contribution in [0.25, 0.3) is 28.0 Å². The number of carbonyl (C=O) groups excluding carboxylic acids is 1. The van der Waals surface area contributed by atoms with E-state index in [-0.39, 0.29) is 0 Å². The van der Waals surface area contributed by atoms with Crippen LogP contribution in [0.5, 0.6) is 0 Å². The minimum absolute atomic E-state index is 0.544. The van der Waals surface area contributed by atoms with Gasteiger partial charge in [0.1, 0.15) is 5.65 Å². The van der Waals surface area contributed by atoms with Crippen molar-refractivity contribution in [3.63, 3.8) is 0 Å². The van der Waals surface area contributed by atoms with Crippen molar-refractivity contribution < 1.29 is 10.0 Å². The van der Waals surface area contributed by atoms with Gasteiger partial charge in [-0.3, -0.25) is 10.0 Å². The predicted molar refractivity (Wildman–Crippen MR) is 114 cm³/mol. The fourth-order valence-corrected chi connectivity index (χ4v) is 3.36. The standard InChI is InChI=1S/C23H22N4O2/c28-22(27-29)10-8-16-3-5-18(6-4-16)15-24-13-11-17-7-9-19-20-2-1-12-25-23(20)26-21(19)14-17/h1-10,12,14,24,29H,11,13,15H2,(H,25,26)(H,27,28)/b10-8+. The maximum absolute atomic E-state index is 11.0. The molecule has 2 heterocycles. The largest absolute Gasteiger partial charge is 0.339 e. The first-order chi connectivity index (χ1) is 14.2. The Balaban J connectivity index is 1.30. The van der Waals surface area contributed by atoms with Crippen LogP contribution in [0, 0.1) is 0 Å². The molecule has 0 radical (unpaired) electrons. The molecular weight excluding hydrogens is 364 g/mol. The molecular formula is C23H22N4O2. The van der Waals surface area contributed by atoms with Gasteiger partial charge in [0.25, 0.3) is 5.91 Å². The Labute approximate surface area is 168 Å². The lowest BCUT2D eigenvalue weighted by molar-refractivity contribution is -0.124. The molecule has 0 aliphatic carbocycles. The summed E-state index contributed by atoms with van der Waals surface area (Å²) in [6, 6.07) is 18.5. The highest BCUT2D eigenvalue weighted by Gasteiger charge is 2.05. The van der Waals surface area contributed by atoms with Gasteiger partial charge in [0.2, 0.25) is 0 Å². The van der Waals surface area contributed by atoms with Crippen LogP contribution in [0.15, 0.2) is 66.9 Å². The van der Waals surface area contributed by atoms with E-state index in [2.05, 4.69) is 39.6 Å². The first kappa shape index (κ1) is 18.9. The second-order valence-corrected chi connectivity index (χ2v) is 6.88. The number of benzene rings is 2. The number of amides is 1. The SMILES string of the molecule is O=C(/C=C/c1ccc(CNCCc2ccc3c(c2)[nH]c2ncccc23)cc1)NO. The minimum atomic E-state index is -0.544. The van der Waals surface area contributed by atoms with E-state index in [1.807, 2.05) is 30.3 Å². The molecule has 0 spiro atoms. The van der Waals surface area contributed by atoms with Crippen molar-refractivity contribution in [1.29, 1.82) is 0 Å². The molecule has 4 aromatic rings. The molecule has 0 aliphatic heterocycles. The zero-order valence-electron chi connectivity index (χ0n) is 15.9. The maximum Gasteiger partial charge on any atom is 0.267 e. The van der Waals surface area contributed by atoms with E-state index in [9.17, 15) is 4.79 Å². The second kappa shape index (κ2) is 8.68. The minimum Gasteiger partial charge on any atom is -0.339 e. The molecule has 2 aromatic heterocycles. The first-order valence-electron chi connectivity index (χ1n) is 9.50. The Hall–Kier alpha value is -3.48. The van der Waals surface area contributed by atoms with Gasteiger partial charge in [0.15, 0.2) is 0 Å². The average molecular weight is 386 g/mol. The summed E-state index contributed by atoms with van der Waals surface area (Å²) in [5.41, 5.74) is 6.96. The third kappa shape index (κ3) is 4.51. The number of rotatable bonds is 7. The predicted octanol–water partition coefficient (Wildman–Crippen LogP) is 3.57. The van der Waals surface area contributed by atoms with Gasteiger partial charge in [-0.05, 0) is 53.9 Å². The van der Waals surface area contributed by atoms with Crippen LogP contribution < -0.4 is 10.8 Å². The first-order valence-corrected chi connectivity index (χ1v) is 9.50. The van der Waals surface area contributed by atoms with Crippen molar-refractivity contribution in [3.8, 4) is 0 Å². The van der Waals surface area contributed by atoms with E-state index in [0.717, 1.165) is 41.6 Å². The van der Waals surface area contributed by atoms with Crippen molar-refractivity contribution in [2.24, 2.45) is 0 Å². The summed E-state index contributed by atoms with van der Waals surface area (Å²) in [6.07, 6.45) is 5.68. The van der Waals surface area contributed by atoms with Crippen LogP contribution in [-0.4, -0.2) is 27.6 Å². The summed E-state index contributed by atoms with van der Waals surface area (Å²) >= 11 is 0. The zero-order valence-corrected chi connectivity index (χ0v) is 15.9. The highest BCUT2D eigenvalue weighted by atomic mass is 16.5. The lowest BCUT2D eigenvalue weighted by atomic mass is 10.1. The summed E-state index contributed by atoms with van der Waals surface area (Å²) in [6.45, 7) is 1.65. The number of pyridine rings is 1. The molecule has 0 unspecified atom stereocenters. The second-order valence-electron chi connectivity index (χ2n) is 6.88. The molecule has 0 saturated carbocycles.